The third-order valence-corrected chi connectivity index (χ3v) is 5.23. The first kappa shape index (κ1) is 24.0. The van der Waals surface area contributed by atoms with Crippen molar-refractivity contribution in [2.75, 3.05) is 13.1 Å². The number of nitrogens with one attached hydrogen (secondary N) is 5. The van der Waals surface area contributed by atoms with Crippen molar-refractivity contribution in [3.8, 4) is 0 Å². The third-order valence-electron chi connectivity index (χ3n) is 5.23. The van der Waals surface area contributed by atoms with Gasteiger partial charge in [0.15, 0.2) is 0 Å². The Labute approximate surface area is 191 Å². The summed E-state index contributed by atoms with van der Waals surface area (Å²) in [5.74, 6) is -3.49. The van der Waals surface area contributed by atoms with Gasteiger partial charge < -0.3 is 26.3 Å². The van der Waals surface area contributed by atoms with E-state index < -0.39 is 47.5 Å². The summed E-state index contributed by atoms with van der Waals surface area (Å²) in [5, 5.41) is 11.1. The Bertz CT molecular complexity index is 1050. The van der Waals surface area contributed by atoms with E-state index in [0.29, 0.717) is 18.7 Å². The summed E-state index contributed by atoms with van der Waals surface area (Å²) in [7, 11) is 0. The van der Waals surface area contributed by atoms with Gasteiger partial charge in [-0.15, -0.1) is 0 Å². The predicted molar refractivity (Wildman–Crippen MR) is 121 cm³/mol. The van der Waals surface area contributed by atoms with E-state index in [1.165, 1.54) is 0 Å². The molecule has 1 aromatic heterocycles. The predicted octanol–water partition coefficient (Wildman–Crippen LogP) is 0.393. The van der Waals surface area contributed by atoms with E-state index in [1.54, 1.807) is 26.8 Å². The fraction of sp³-hybridized carbons (Fsp3) is 0.435. The first-order valence-electron chi connectivity index (χ1n) is 10.8. The standard InChI is InChI=1S/C23H29N5O5/c1-23(2,3)28-22(33)19(30)16(11-14-8-9-24-20(14)31)27-18(29)12-25-21(32)17-10-13-6-4-5-7-15(13)26-17/h4-7,10,14,16,26H,8-9,11-12H2,1-3H3,(H,24,31)(H,25,32)(H,27,29)(H,28,33)/t14-,16-/m0/s1. The molecular weight excluding hydrogens is 426 g/mol. The van der Waals surface area contributed by atoms with Crippen molar-refractivity contribution >= 4 is 40.3 Å². The number of rotatable bonds is 8. The highest BCUT2D eigenvalue weighted by atomic mass is 16.2. The Hall–Kier alpha value is -3.69. The Morgan fingerprint density at radius 2 is 1.88 bits per heavy atom. The number of carbonyl (C=O) groups is 5. The molecule has 0 saturated carbocycles. The van der Waals surface area contributed by atoms with Crippen LogP contribution in [-0.4, -0.2) is 59.1 Å². The number of para-hydroxylation sites is 1. The molecule has 10 heteroatoms. The van der Waals surface area contributed by atoms with Crippen LogP contribution in [0.4, 0.5) is 0 Å². The van der Waals surface area contributed by atoms with Crippen molar-refractivity contribution in [3.63, 3.8) is 0 Å². The number of hydrogen-bond acceptors (Lipinski definition) is 5. The summed E-state index contributed by atoms with van der Waals surface area (Å²) in [5.41, 5.74) is 0.445. The monoisotopic (exact) mass is 455 g/mol. The second-order valence-corrected chi connectivity index (χ2v) is 9.15. The van der Waals surface area contributed by atoms with Gasteiger partial charge in [0.1, 0.15) is 5.69 Å². The molecule has 33 heavy (non-hydrogen) atoms. The molecule has 1 aliphatic rings. The zero-order valence-corrected chi connectivity index (χ0v) is 18.9. The van der Waals surface area contributed by atoms with Gasteiger partial charge in [0.25, 0.3) is 11.8 Å². The van der Waals surface area contributed by atoms with Gasteiger partial charge in [0.2, 0.25) is 17.6 Å². The molecule has 2 aromatic rings. The van der Waals surface area contributed by atoms with Gasteiger partial charge in [-0.1, -0.05) is 18.2 Å². The van der Waals surface area contributed by atoms with E-state index in [9.17, 15) is 24.0 Å². The lowest BCUT2D eigenvalue weighted by molar-refractivity contribution is -0.141. The molecule has 4 amide bonds. The largest absolute Gasteiger partial charge is 0.356 e. The van der Waals surface area contributed by atoms with E-state index in [1.807, 2.05) is 24.3 Å². The summed E-state index contributed by atoms with van der Waals surface area (Å²) >= 11 is 0. The molecule has 3 rings (SSSR count). The van der Waals surface area contributed by atoms with Gasteiger partial charge in [-0.3, -0.25) is 24.0 Å². The van der Waals surface area contributed by atoms with Crippen LogP contribution in [0.5, 0.6) is 0 Å². The lowest BCUT2D eigenvalue weighted by Crippen LogP contribution is -2.53. The van der Waals surface area contributed by atoms with Crippen molar-refractivity contribution in [2.45, 2.75) is 45.2 Å². The van der Waals surface area contributed by atoms with Crippen LogP contribution < -0.4 is 21.3 Å². The summed E-state index contributed by atoms with van der Waals surface area (Å²) in [6.07, 6.45) is 0.514. The number of Topliss-reactive ketones (excluding diaryl/α,β-unsaturated/α-hetero) is 1. The van der Waals surface area contributed by atoms with E-state index in [0.717, 1.165) is 10.9 Å². The molecular formula is C23H29N5O5. The fourth-order valence-electron chi connectivity index (χ4n) is 3.64. The van der Waals surface area contributed by atoms with Crippen molar-refractivity contribution in [2.24, 2.45) is 5.92 Å². The molecule has 1 aliphatic heterocycles. The quantitative estimate of drug-likeness (QED) is 0.365. The number of aromatic amines is 1. The first-order valence-corrected chi connectivity index (χ1v) is 10.8. The maximum Gasteiger partial charge on any atom is 0.290 e. The lowest BCUT2D eigenvalue weighted by Gasteiger charge is -2.23. The van der Waals surface area contributed by atoms with E-state index in [2.05, 4.69) is 26.3 Å². The van der Waals surface area contributed by atoms with Crippen molar-refractivity contribution in [1.29, 1.82) is 0 Å². The normalized spacial score (nSPS) is 16.7. The fourth-order valence-corrected chi connectivity index (χ4v) is 3.64. The molecule has 1 aromatic carbocycles. The number of ketones is 1. The molecule has 1 saturated heterocycles. The average molecular weight is 456 g/mol. The second kappa shape index (κ2) is 9.85. The van der Waals surface area contributed by atoms with Crippen LogP contribution in [-0.2, 0) is 19.2 Å². The maximum atomic E-state index is 12.8. The maximum absolute atomic E-state index is 12.8. The van der Waals surface area contributed by atoms with Gasteiger partial charge in [0, 0.05) is 28.9 Å². The minimum Gasteiger partial charge on any atom is -0.356 e. The number of H-pyrrole nitrogens is 1. The summed E-state index contributed by atoms with van der Waals surface area (Å²) < 4.78 is 0. The molecule has 10 nitrogen and oxygen atoms in total. The SMILES string of the molecule is CC(C)(C)NC(=O)C(=O)[C@H](C[C@@H]1CCNC1=O)NC(=O)CNC(=O)c1cc2ccccc2[nH]1. The highest BCUT2D eigenvalue weighted by Gasteiger charge is 2.35. The van der Waals surface area contributed by atoms with Crippen LogP contribution >= 0.6 is 0 Å². The van der Waals surface area contributed by atoms with Crippen LogP contribution in [0.3, 0.4) is 0 Å². The third kappa shape index (κ3) is 6.41. The van der Waals surface area contributed by atoms with Crippen molar-refractivity contribution < 1.29 is 24.0 Å². The number of aromatic nitrogens is 1. The molecule has 0 radical (unpaired) electrons. The van der Waals surface area contributed by atoms with E-state index in [4.69, 9.17) is 0 Å². The zero-order valence-electron chi connectivity index (χ0n) is 18.9. The molecule has 176 valence electrons. The Morgan fingerprint density at radius 1 is 1.15 bits per heavy atom. The molecule has 2 heterocycles. The Balaban J connectivity index is 1.62. The number of fused-ring (bicyclic) bond motifs is 1. The average Bonchev–Trinajstić information content (AvgIpc) is 3.35. The van der Waals surface area contributed by atoms with Gasteiger partial charge in [-0.25, -0.2) is 0 Å². The Kier molecular flexibility index (Phi) is 7.15. The van der Waals surface area contributed by atoms with Gasteiger partial charge >= 0.3 is 0 Å². The Morgan fingerprint density at radius 3 is 2.52 bits per heavy atom. The van der Waals surface area contributed by atoms with Gasteiger partial charge in [-0.05, 0) is 45.7 Å². The molecule has 0 bridgehead atoms. The molecule has 0 aliphatic carbocycles. The van der Waals surface area contributed by atoms with Crippen LogP contribution in [0.2, 0.25) is 0 Å². The summed E-state index contributed by atoms with van der Waals surface area (Å²) in [6.45, 7) is 5.28. The van der Waals surface area contributed by atoms with Gasteiger partial charge in [0.05, 0.1) is 12.6 Å². The molecule has 1 fully saturated rings. The van der Waals surface area contributed by atoms with Crippen molar-refractivity contribution in [3.05, 3.63) is 36.0 Å². The van der Waals surface area contributed by atoms with Gasteiger partial charge in [-0.2, -0.15) is 0 Å². The summed E-state index contributed by atoms with van der Waals surface area (Å²) in [4.78, 5) is 65.0. The van der Waals surface area contributed by atoms with Crippen molar-refractivity contribution in [1.82, 2.24) is 26.3 Å². The molecule has 5 N–H and O–H groups in total. The minimum absolute atomic E-state index is 0.00390. The lowest BCUT2D eigenvalue weighted by atomic mass is 9.95. The summed E-state index contributed by atoms with van der Waals surface area (Å²) in [6, 6.07) is 7.86. The van der Waals surface area contributed by atoms with Crippen LogP contribution in [0, 0.1) is 5.92 Å². The number of benzene rings is 1. The molecule has 0 spiro atoms. The molecule has 0 unspecified atom stereocenters. The number of hydrogen-bond donors (Lipinski definition) is 5. The number of carbonyl (C=O) groups excluding carboxylic acids is 5. The minimum atomic E-state index is -1.18. The second-order valence-electron chi connectivity index (χ2n) is 9.15. The molecule has 2 atom stereocenters. The van der Waals surface area contributed by atoms with Crippen LogP contribution in [0.1, 0.15) is 44.1 Å². The van der Waals surface area contributed by atoms with Crippen LogP contribution in [0.25, 0.3) is 10.9 Å². The topological polar surface area (TPSA) is 149 Å². The smallest absolute Gasteiger partial charge is 0.290 e. The highest BCUT2D eigenvalue weighted by molar-refractivity contribution is 6.38. The number of amides is 4. The van der Waals surface area contributed by atoms with Crippen LogP contribution in [0.15, 0.2) is 30.3 Å². The highest BCUT2D eigenvalue weighted by Crippen LogP contribution is 2.17. The van der Waals surface area contributed by atoms with E-state index >= 15 is 0 Å². The first-order chi connectivity index (χ1) is 15.5. The van der Waals surface area contributed by atoms with E-state index in [-0.39, 0.29) is 12.3 Å². The zero-order chi connectivity index (χ0) is 24.2.